The van der Waals surface area contributed by atoms with Crippen LogP contribution in [0, 0.1) is 23.2 Å². The van der Waals surface area contributed by atoms with Gasteiger partial charge in [-0.2, -0.15) is 5.26 Å². The minimum atomic E-state index is 0.0901. The van der Waals surface area contributed by atoms with E-state index >= 15 is 0 Å². The number of nitriles is 1. The van der Waals surface area contributed by atoms with Gasteiger partial charge < -0.3 is 0 Å². The molecule has 86 valence electrons. The van der Waals surface area contributed by atoms with Crippen molar-refractivity contribution >= 4 is 28.5 Å². The molecule has 0 spiro atoms. The maximum atomic E-state index is 10.7. The largest absolute Gasteiger partial charge is 0.288 e. The molecule has 0 unspecified atom stereocenters. The molecule has 0 bridgehead atoms. The first-order valence-electron chi connectivity index (χ1n) is 4.95. The van der Waals surface area contributed by atoms with Gasteiger partial charge in [0.2, 0.25) is 0 Å². The normalized spacial score (nSPS) is 9.00. The number of carbonyl (C=O) groups excluding carboxylic acids is 1. The molecule has 4 heteroatoms. The first kappa shape index (κ1) is 13.6. The van der Waals surface area contributed by atoms with Crippen LogP contribution in [0.15, 0.2) is 18.2 Å². The summed E-state index contributed by atoms with van der Waals surface area (Å²) in [7, 11) is 0. The van der Waals surface area contributed by atoms with E-state index in [4.69, 9.17) is 16.9 Å². The summed E-state index contributed by atoms with van der Waals surface area (Å²) in [6.07, 6.45) is 0.613. The molecule has 0 heterocycles. The van der Waals surface area contributed by atoms with Crippen molar-refractivity contribution in [2.75, 3.05) is 5.75 Å². The van der Waals surface area contributed by atoms with Crippen LogP contribution in [0.5, 0.6) is 0 Å². The van der Waals surface area contributed by atoms with Crippen molar-refractivity contribution in [2.24, 2.45) is 0 Å². The van der Waals surface area contributed by atoms with E-state index < -0.39 is 0 Å². The van der Waals surface area contributed by atoms with Gasteiger partial charge in [-0.1, -0.05) is 35.2 Å². The van der Waals surface area contributed by atoms with E-state index in [-0.39, 0.29) is 5.12 Å². The number of thioether (sulfide) groups is 1. The van der Waals surface area contributed by atoms with Crippen LogP contribution in [0.1, 0.15) is 24.5 Å². The Labute approximate surface area is 110 Å². The van der Waals surface area contributed by atoms with E-state index in [1.807, 2.05) is 0 Å². The lowest BCUT2D eigenvalue weighted by atomic mass is 10.1. The van der Waals surface area contributed by atoms with Gasteiger partial charge in [-0.05, 0) is 18.2 Å². The topological polar surface area (TPSA) is 40.9 Å². The number of rotatable bonds is 2. The Balaban J connectivity index is 2.68. The van der Waals surface area contributed by atoms with Crippen LogP contribution in [0.25, 0.3) is 0 Å². The Morgan fingerprint density at radius 1 is 1.47 bits per heavy atom. The molecule has 0 radical (unpaired) electrons. The highest BCUT2D eigenvalue weighted by molar-refractivity contribution is 8.13. The van der Waals surface area contributed by atoms with Crippen LogP contribution in [0.4, 0.5) is 0 Å². The molecule has 0 aromatic heterocycles. The highest BCUT2D eigenvalue weighted by atomic mass is 35.5. The third kappa shape index (κ3) is 4.95. The predicted molar refractivity (Wildman–Crippen MR) is 70.8 cm³/mol. The van der Waals surface area contributed by atoms with E-state index in [1.54, 1.807) is 18.2 Å². The van der Waals surface area contributed by atoms with Crippen LogP contribution in [-0.4, -0.2) is 10.9 Å². The first-order valence-corrected chi connectivity index (χ1v) is 6.31. The zero-order chi connectivity index (χ0) is 12.7. The standard InChI is InChI=1S/C13H10ClNOS/c1-10(16)17-7-3-2-4-11-8-13(14)6-5-12(11)9-15/h5-6,8H,3,7H2,1H3. The second-order valence-corrected chi connectivity index (χ2v) is 4.90. The molecule has 0 saturated heterocycles. The molecule has 0 amide bonds. The van der Waals surface area contributed by atoms with Crippen molar-refractivity contribution in [3.05, 3.63) is 34.3 Å². The van der Waals surface area contributed by atoms with Gasteiger partial charge in [0.25, 0.3) is 0 Å². The molecule has 2 nitrogen and oxygen atoms in total. The van der Waals surface area contributed by atoms with E-state index in [9.17, 15) is 4.79 Å². The molecule has 0 aliphatic carbocycles. The predicted octanol–water partition coefficient (Wildman–Crippen LogP) is 3.23. The maximum Gasteiger partial charge on any atom is 0.185 e. The first-order chi connectivity index (χ1) is 8.13. The molecule has 0 atom stereocenters. The average molecular weight is 264 g/mol. The van der Waals surface area contributed by atoms with Crippen molar-refractivity contribution < 1.29 is 4.79 Å². The molecule has 0 N–H and O–H groups in total. The van der Waals surface area contributed by atoms with E-state index in [0.29, 0.717) is 28.3 Å². The Kier molecular flexibility index (Phi) is 5.63. The SMILES string of the molecule is CC(=O)SCCC#Cc1cc(Cl)ccc1C#N. The van der Waals surface area contributed by atoms with Gasteiger partial charge in [-0.15, -0.1) is 0 Å². The summed E-state index contributed by atoms with van der Waals surface area (Å²) in [5.74, 6) is 6.49. The highest BCUT2D eigenvalue weighted by Crippen LogP contribution is 2.14. The minimum absolute atomic E-state index is 0.0901. The second-order valence-electron chi connectivity index (χ2n) is 3.19. The van der Waals surface area contributed by atoms with E-state index in [2.05, 4.69) is 17.9 Å². The van der Waals surface area contributed by atoms with Gasteiger partial charge in [0.15, 0.2) is 5.12 Å². The monoisotopic (exact) mass is 263 g/mol. The van der Waals surface area contributed by atoms with Crippen LogP contribution in [-0.2, 0) is 4.79 Å². The fourth-order valence-electron chi connectivity index (χ4n) is 1.12. The summed E-state index contributed by atoms with van der Waals surface area (Å²) in [6.45, 7) is 1.53. The van der Waals surface area contributed by atoms with E-state index in [1.165, 1.54) is 18.7 Å². The summed E-state index contributed by atoms with van der Waals surface area (Å²) < 4.78 is 0. The van der Waals surface area contributed by atoms with Gasteiger partial charge in [0, 0.05) is 29.7 Å². The Bertz CT molecular complexity index is 522. The average Bonchev–Trinajstić information content (AvgIpc) is 2.28. The number of benzene rings is 1. The van der Waals surface area contributed by atoms with Crippen molar-refractivity contribution in [3.63, 3.8) is 0 Å². The summed E-state index contributed by atoms with van der Waals surface area (Å²) in [6, 6.07) is 7.05. The number of nitrogens with zero attached hydrogens (tertiary/aromatic N) is 1. The number of hydrogen-bond donors (Lipinski definition) is 0. The van der Waals surface area contributed by atoms with Gasteiger partial charge in [-0.3, -0.25) is 4.79 Å². The van der Waals surface area contributed by atoms with Crippen LogP contribution >= 0.6 is 23.4 Å². The lowest BCUT2D eigenvalue weighted by molar-refractivity contribution is -0.109. The Morgan fingerprint density at radius 2 is 2.24 bits per heavy atom. The number of halogens is 1. The molecular formula is C13H10ClNOS. The van der Waals surface area contributed by atoms with Gasteiger partial charge in [0.05, 0.1) is 5.56 Å². The van der Waals surface area contributed by atoms with Crippen molar-refractivity contribution in [3.8, 4) is 17.9 Å². The Hall–Kier alpha value is -1.42. The lowest BCUT2D eigenvalue weighted by Gasteiger charge is -1.95. The van der Waals surface area contributed by atoms with Gasteiger partial charge in [0.1, 0.15) is 6.07 Å². The third-order valence-corrected chi connectivity index (χ3v) is 2.91. The van der Waals surface area contributed by atoms with Crippen molar-refractivity contribution in [1.82, 2.24) is 0 Å². The summed E-state index contributed by atoms with van der Waals surface area (Å²) in [4.78, 5) is 10.7. The lowest BCUT2D eigenvalue weighted by Crippen LogP contribution is -1.85. The Morgan fingerprint density at radius 3 is 2.88 bits per heavy atom. The van der Waals surface area contributed by atoms with Gasteiger partial charge >= 0.3 is 0 Å². The fraction of sp³-hybridized carbons (Fsp3) is 0.231. The molecule has 0 aliphatic heterocycles. The third-order valence-electron chi connectivity index (χ3n) is 1.86. The molecule has 1 aromatic rings. The van der Waals surface area contributed by atoms with E-state index in [0.717, 1.165) is 0 Å². The fourth-order valence-corrected chi connectivity index (χ4v) is 1.78. The zero-order valence-corrected chi connectivity index (χ0v) is 10.9. The van der Waals surface area contributed by atoms with Gasteiger partial charge in [-0.25, -0.2) is 0 Å². The highest BCUT2D eigenvalue weighted by Gasteiger charge is 1.99. The quantitative estimate of drug-likeness (QED) is 0.608. The number of hydrogen-bond acceptors (Lipinski definition) is 3. The van der Waals surface area contributed by atoms with Crippen LogP contribution in [0.3, 0.4) is 0 Å². The molecule has 0 fully saturated rings. The van der Waals surface area contributed by atoms with Crippen molar-refractivity contribution in [1.29, 1.82) is 5.26 Å². The molecule has 1 aromatic carbocycles. The molecule has 1 rings (SSSR count). The van der Waals surface area contributed by atoms with Crippen LogP contribution in [0.2, 0.25) is 5.02 Å². The second kappa shape index (κ2) is 7.01. The van der Waals surface area contributed by atoms with Crippen LogP contribution < -0.4 is 0 Å². The zero-order valence-electron chi connectivity index (χ0n) is 9.29. The molecule has 17 heavy (non-hydrogen) atoms. The minimum Gasteiger partial charge on any atom is -0.288 e. The summed E-state index contributed by atoms with van der Waals surface area (Å²) >= 11 is 7.08. The summed E-state index contributed by atoms with van der Waals surface area (Å²) in [5.41, 5.74) is 1.15. The number of carbonyl (C=O) groups is 1. The molecule has 0 aliphatic rings. The van der Waals surface area contributed by atoms with Crippen molar-refractivity contribution in [2.45, 2.75) is 13.3 Å². The smallest absolute Gasteiger partial charge is 0.185 e. The molecule has 0 saturated carbocycles. The maximum absolute atomic E-state index is 10.7. The summed E-state index contributed by atoms with van der Waals surface area (Å²) in [5, 5.41) is 9.53. The molecular weight excluding hydrogens is 254 g/mol.